The van der Waals surface area contributed by atoms with E-state index in [4.69, 9.17) is 14.9 Å². The Hall–Kier alpha value is -2.08. The molecule has 0 bridgehead atoms. The monoisotopic (exact) mass is 263 g/mol. The van der Waals surface area contributed by atoms with Gasteiger partial charge in [-0.1, -0.05) is 6.07 Å². The lowest BCUT2D eigenvalue weighted by atomic mass is 10.1. The third-order valence-electron chi connectivity index (χ3n) is 2.74. The molecule has 1 aromatic heterocycles. The van der Waals surface area contributed by atoms with Crippen LogP contribution in [0.3, 0.4) is 0 Å². The molecule has 0 unspecified atom stereocenters. The number of aromatic nitrogens is 2. The molecule has 1 aromatic carbocycles. The maximum absolute atomic E-state index is 9.67. The quantitative estimate of drug-likeness (QED) is 0.809. The molecule has 3 N–H and O–H groups in total. The summed E-state index contributed by atoms with van der Waals surface area (Å²) in [5.74, 6) is 1.75. The lowest BCUT2D eigenvalue weighted by molar-refractivity contribution is 0.373. The summed E-state index contributed by atoms with van der Waals surface area (Å²) in [6.45, 7) is 0.494. The van der Waals surface area contributed by atoms with Gasteiger partial charge in [-0.15, -0.1) is 10.2 Å². The standard InChI is InChI=1S/C13H17N3O3/c1-18-11-4-2-9(8-10(11)17)3-5-12-15-16-13(19-12)6-7-14/h2,4,8,17H,3,5-7,14H2,1H3. The van der Waals surface area contributed by atoms with Gasteiger partial charge in [-0.25, -0.2) is 0 Å². The smallest absolute Gasteiger partial charge is 0.217 e. The van der Waals surface area contributed by atoms with Gasteiger partial charge in [0.05, 0.1) is 7.11 Å². The topological polar surface area (TPSA) is 94.4 Å². The van der Waals surface area contributed by atoms with Crippen molar-refractivity contribution in [2.45, 2.75) is 19.3 Å². The molecular formula is C13H17N3O3. The number of hydrogen-bond donors (Lipinski definition) is 2. The first-order valence-corrected chi connectivity index (χ1v) is 6.10. The summed E-state index contributed by atoms with van der Waals surface area (Å²) >= 11 is 0. The minimum absolute atomic E-state index is 0.134. The molecule has 6 nitrogen and oxygen atoms in total. The molecule has 1 heterocycles. The molecular weight excluding hydrogens is 246 g/mol. The molecule has 0 radical (unpaired) electrons. The molecule has 0 aliphatic heterocycles. The Labute approximate surface area is 111 Å². The number of aromatic hydroxyl groups is 1. The largest absolute Gasteiger partial charge is 0.504 e. The van der Waals surface area contributed by atoms with Gasteiger partial charge < -0.3 is 20.0 Å². The summed E-state index contributed by atoms with van der Waals surface area (Å²) < 4.78 is 10.4. The maximum atomic E-state index is 9.67. The minimum Gasteiger partial charge on any atom is -0.504 e. The first-order chi connectivity index (χ1) is 9.22. The molecule has 0 atom stereocenters. The van der Waals surface area contributed by atoms with Crippen LogP contribution in [-0.2, 0) is 19.3 Å². The van der Waals surface area contributed by atoms with E-state index in [9.17, 15) is 5.11 Å². The lowest BCUT2D eigenvalue weighted by Gasteiger charge is -2.05. The highest BCUT2D eigenvalue weighted by Gasteiger charge is 2.07. The van der Waals surface area contributed by atoms with Crippen LogP contribution in [0.2, 0.25) is 0 Å². The highest BCUT2D eigenvalue weighted by molar-refractivity contribution is 5.41. The van der Waals surface area contributed by atoms with Crippen LogP contribution in [0, 0.1) is 0 Å². The summed E-state index contributed by atoms with van der Waals surface area (Å²) in [5, 5.41) is 17.5. The fraction of sp³-hybridized carbons (Fsp3) is 0.385. The molecule has 0 saturated carbocycles. The van der Waals surface area contributed by atoms with Crippen LogP contribution < -0.4 is 10.5 Å². The van der Waals surface area contributed by atoms with Crippen molar-refractivity contribution in [3.8, 4) is 11.5 Å². The Morgan fingerprint density at radius 2 is 1.95 bits per heavy atom. The maximum Gasteiger partial charge on any atom is 0.217 e. The van der Waals surface area contributed by atoms with Crippen molar-refractivity contribution in [1.82, 2.24) is 10.2 Å². The van der Waals surface area contributed by atoms with Crippen molar-refractivity contribution in [1.29, 1.82) is 0 Å². The van der Waals surface area contributed by atoms with Crippen LogP contribution in [-0.4, -0.2) is 29.0 Å². The number of aryl methyl sites for hydroxylation is 2. The van der Waals surface area contributed by atoms with E-state index in [0.717, 1.165) is 5.56 Å². The van der Waals surface area contributed by atoms with E-state index >= 15 is 0 Å². The molecule has 0 spiro atoms. The van der Waals surface area contributed by atoms with E-state index in [-0.39, 0.29) is 5.75 Å². The Bertz CT molecular complexity index is 540. The Balaban J connectivity index is 1.95. The van der Waals surface area contributed by atoms with Crippen molar-refractivity contribution in [3.63, 3.8) is 0 Å². The highest BCUT2D eigenvalue weighted by atomic mass is 16.5. The van der Waals surface area contributed by atoms with Gasteiger partial charge >= 0.3 is 0 Å². The van der Waals surface area contributed by atoms with Crippen LogP contribution >= 0.6 is 0 Å². The number of hydrogen-bond acceptors (Lipinski definition) is 6. The molecule has 6 heteroatoms. The molecule has 0 saturated heterocycles. The third kappa shape index (κ3) is 3.45. The van der Waals surface area contributed by atoms with Crippen LogP contribution in [0.25, 0.3) is 0 Å². The van der Waals surface area contributed by atoms with E-state index in [1.807, 2.05) is 6.07 Å². The number of phenols is 1. The van der Waals surface area contributed by atoms with Crippen LogP contribution in [0.1, 0.15) is 17.3 Å². The molecule has 0 aliphatic carbocycles. The van der Waals surface area contributed by atoms with Gasteiger partial charge in [-0.3, -0.25) is 0 Å². The summed E-state index contributed by atoms with van der Waals surface area (Å²) in [6.07, 6.45) is 1.93. The Morgan fingerprint density at radius 3 is 2.58 bits per heavy atom. The van der Waals surface area contributed by atoms with Crippen LogP contribution in [0.15, 0.2) is 22.6 Å². The van der Waals surface area contributed by atoms with Gasteiger partial charge in [-0.05, 0) is 24.1 Å². The molecule has 0 aliphatic rings. The van der Waals surface area contributed by atoms with Crippen molar-refractivity contribution in [3.05, 3.63) is 35.5 Å². The second kappa shape index (κ2) is 6.19. The van der Waals surface area contributed by atoms with Crippen molar-refractivity contribution in [2.75, 3.05) is 13.7 Å². The molecule has 2 rings (SSSR count). The van der Waals surface area contributed by atoms with Gasteiger partial charge in [0, 0.05) is 19.4 Å². The Morgan fingerprint density at radius 1 is 1.21 bits per heavy atom. The molecule has 0 amide bonds. The fourth-order valence-corrected chi connectivity index (χ4v) is 1.76. The number of methoxy groups -OCH3 is 1. The SMILES string of the molecule is COc1ccc(CCc2nnc(CCN)o2)cc1O. The minimum atomic E-state index is 0.134. The predicted molar refractivity (Wildman–Crippen MR) is 69.1 cm³/mol. The molecule has 102 valence electrons. The summed E-state index contributed by atoms with van der Waals surface area (Å²) in [4.78, 5) is 0. The summed E-state index contributed by atoms with van der Waals surface area (Å²) in [5.41, 5.74) is 6.39. The van der Waals surface area contributed by atoms with E-state index in [1.54, 1.807) is 12.1 Å². The van der Waals surface area contributed by atoms with Gasteiger partial charge in [0.15, 0.2) is 11.5 Å². The van der Waals surface area contributed by atoms with Crippen molar-refractivity contribution >= 4 is 0 Å². The first kappa shape index (κ1) is 13.4. The van der Waals surface area contributed by atoms with E-state index in [1.165, 1.54) is 7.11 Å². The fourth-order valence-electron chi connectivity index (χ4n) is 1.76. The number of phenolic OH excluding ortho intramolecular Hbond substituents is 1. The number of rotatable bonds is 6. The average Bonchev–Trinajstić information content (AvgIpc) is 2.85. The van der Waals surface area contributed by atoms with Gasteiger partial charge in [0.1, 0.15) is 0 Å². The van der Waals surface area contributed by atoms with E-state index < -0.39 is 0 Å². The Kier molecular flexibility index (Phi) is 4.35. The molecule has 0 fully saturated rings. The van der Waals surface area contributed by atoms with Crippen molar-refractivity contribution < 1.29 is 14.3 Å². The van der Waals surface area contributed by atoms with Gasteiger partial charge in [0.2, 0.25) is 11.8 Å². The zero-order valence-corrected chi connectivity index (χ0v) is 10.8. The van der Waals surface area contributed by atoms with Gasteiger partial charge in [0.25, 0.3) is 0 Å². The van der Waals surface area contributed by atoms with Crippen LogP contribution in [0.5, 0.6) is 11.5 Å². The van der Waals surface area contributed by atoms with Crippen molar-refractivity contribution in [2.24, 2.45) is 5.73 Å². The van der Waals surface area contributed by atoms with Crippen LogP contribution in [0.4, 0.5) is 0 Å². The second-order valence-corrected chi connectivity index (χ2v) is 4.13. The molecule has 2 aromatic rings. The lowest BCUT2D eigenvalue weighted by Crippen LogP contribution is -2.02. The number of nitrogens with two attached hydrogens (primary N) is 1. The van der Waals surface area contributed by atoms with E-state index in [2.05, 4.69) is 10.2 Å². The van der Waals surface area contributed by atoms with E-state index in [0.29, 0.717) is 43.3 Å². The van der Waals surface area contributed by atoms with Gasteiger partial charge in [-0.2, -0.15) is 0 Å². The number of ether oxygens (including phenoxy) is 1. The average molecular weight is 263 g/mol. The number of nitrogens with zero attached hydrogens (tertiary/aromatic N) is 2. The predicted octanol–water partition coefficient (Wildman–Crippen LogP) is 1.07. The first-order valence-electron chi connectivity index (χ1n) is 6.10. The zero-order valence-electron chi connectivity index (χ0n) is 10.8. The number of benzene rings is 1. The second-order valence-electron chi connectivity index (χ2n) is 4.13. The summed E-state index contributed by atoms with van der Waals surface area (Å²) in [7, 11) is 1.52. The highest BCUT2D eigenvalue weighted by Crippen LogP contribution is 2.26. The zero-order chi connectivity index (χ0) is 13.7. The summed E-state index contributed by atoms with van der Waals surface area (Å²) in [6, 6.07) is 5.31. The third-order valence-corrected chi connectivity index (χ3v) is 2.74. The normalized spacial score (nSPS) is 10.6. The molecule has 19 heavy (non-hydrogen) atoms.